The zero-order valence-corrected chi connectivity index (χ0v) is 18.9. The van der Waals surface area contributed by atoms with Crippen molar-refractivity contribution in [3.8, 4) is 0 Å². The average Bonchev–Trinajstić information content (AvgIpc) is 3.16. The summed E-state index contributed by atoms with van der Waals surface area (Å²) >= 11 is 0. The van der Waals surface area contributed by atoms with Gasteiger partial charge in [0.2, 0.25) is 11.9 Å². The van der Waals surface area contributed by atoms with Gasteiger partial charge in [0.05, 0.1) is 12.6 Å². The molecule has 0 bridgehead atoms. The van der Waals surface area contributed by atoms with Crippen LogP contribution < -0.4 is 15.8 Å². The molecule has 1 saturated carbocycles. The highest BCUT2D eigenvalue weighted by molar-refractivity contribution is 7.84. The van der Waals surface area contributed by atoms with Crippen molar-refractivity contribution in [3.05, 3.63) is 41.7 Å². The Morgan fingerprint density at radius 3 is 2.61 bits per heavy atom. The van der Waals surface area contributed by atoms with E-state index in [0.29, 0.717) is 17.8 Å². The van der Waals surface area contributed by atoms with Crippen LogP contribution in [0.25, 0.3) is 0 Å². The van der Waals surface area contributed by atoms with Crippen molar-refractivity contribution >= 4 is 22.2 Å². The molecule has 1 aromatic carbocycles. The van der Waals surface area contributed by atoms with Gasteiger partial charge in [0.15, 0.2) is 0 Å². The predicted octanol–water partition coefficient (Wildman–Crippen LogP) is 2.75. The molecule has 2 aliphatic rings. The highest BCUT2D eigenvalue weighted by atomic mass is 32.2. The van der Waals surface area contributed by atoms with E-state index in [1.54, 1.807) is 0 Å². The van der Waals surface area contributed by atoms with E-state index in [1.807, 2.05) is 0 Å². The molecule has 0 unspecified atom stereocenters. The van der Waals surface area contributed by atoms with Crippen molar-refractivity contribution in [1.29, 1.82) is 0 Å². The van der Waals surface area contributed by atoms with E-state index in [-0.39, 0.29) is 30.0 Å². The topological polar surface area (TPSA) is 132 Å². The Bertz CT molecular complexity index is 1040. The lowest BCUT2D eigenvalue weighted by atomic mass is 9.86. The number of anilines is 2. The van der Waals surface area contributed by atoms with Crippen LogP contribution >= 0.6 is 0 Å². The average molecular weight is 447 g/mol. The zero-order valence-electron chi connectivity index (χ0n) is 18.1. The van der Waals surface area contributed by atoms with E-state index >= 15 is 0 Å². The van der Waals surface area contributed by atoms with Crippen LogP contribution in [0.5, 0.6) is 0 Å². The number of benzene rings is 1. The highest BCUT2D eigenvalue weighted by Gasteiger charge is 2.37. The van der Waals surface area contributed by atoms with Gasteiger partial charge in [0.1, 0.15) is 6.33 Å². The van der Waals surface area contributed by atoms with E-state index in [1.165, 1.54) is 17.5 Å². The number of rotatable bonds is 7. The maximum atomic E-state index is 11.1. The molecule has 2 aromatic rings. The largest absolute Gasteiger partial charge is 0.351 e. The van der Waals surface area contributed by atoms with Crippen LogP contribution in [0.15, 0.2) is 30.6 Å². The minimum atomic E-state index is -3.92. The molecule has 4 N–H and O–H groups in total. The van der Waals surface area contributed by atoms with Crippen molar-refractivity contribution in [1.82, 2.24) is 15.0 Å². The smallest absolute Gasteiger partial charge is 0.333 e. The van der Waals surface area contributed by atoms with E-state index in [4.69, 9.17) is 9.32 Å². The van der Waals surface area contributed by atoms with Crippen LogP contribution in [-0.4, -0.2) is 36.0 Å². The molecular formula is C21H30N6O3S. The standard InChI is InChI=1S/C21H30N6O3S/c1-13-8-15(9-14(13)11-30-31(22,28)29)25-19-23-12-24-20(27-19)26-18-10-21(2,3)17-7-5-4-6-16(17)18/h4-7,12-15,18H,8-11H2,1-3H3,(H2,22,28,29)(H2,23,24,25,26,27)/t13-,14-,15-,18-/m0/s1. The number of hydrogen-bond acceptors (Lipinski definition) is 8. The number of nitrogens with two attached hydrogens (primary N) is 1. The van der Waals surface area contributed by atoms with Crippen LogP contribution in [0.3, 0.4) is 0 Å². The Morgan fingerprint density at radius 1 is 1.16 bits per heavy atom. The lowest BCUT2D eigenvalue weighted by Crippen LogP contribution is -2.22. The molecule has 0 spiro atoms. The molecular weight excluding hydrogens is 416 g/mol. The second kappa shape index (κ2) is 8.33. The molecule has 1 fully saturated rings. The number of aromatic nitrogens is 3. The molecule has 0 aliphatic heterocycles. The first-order valence-electron chi connectivity index (χ1n) is 10.6. The minimum absolute atomic E-state index is 0.0937. The van der Waals surface area contributed by atoms with E-state index in [9.17, 15) is 8.42 Å². The van der Waals surface area contributed by atoms with E-state index in [2.05, 4.69) is 70.6 Å². The predicted molar refractivity (Wildman–Crippen MR) is 119 cm³/mol. The highest BCUT2D eigenvalue weighted by Crippen LogP contribution is 2.45. The molecule has 4 atom stereocenters. The fourth-order valence-corrected chi connectivity index (χ4v) is 5.28. The van der Waals surface area contributed by atoms with Gasteiger partial charge in [-0.25, -0.2) is 15.1 Å². The van der Waals surface area contributed by atoms with Crippen LogP contribution in [-0.2, 0) is 19.9 Å². The summed E-state index contributed by atoms with van der Waals surface area (Å²) in [5, 5.41) is 11.8. The van der Waals surface area contributed by atoms with Gasteiger partial charge in [-0.1, -0.05) is 45.0 Å². The van der Waals surface area contributed by atoms with E-state index < -0.39 is 10.3 Å². The van der Waals surface area contributed by atoms with Crippen molar-refractivity contribution in [3.63, 3.8) is 0 Å². The van der Waals surface area contributed by atoms with Gasteiger partial charge in [-0.15, -0.1) is 0 Å². The summed E-state index contributed by atoms with van der Waals surface area (Å²) in [7, 11) is -3.92. The summed E-state index contributed by atoms with van der Waals surface area (Å²) in [6.45, 7) is 6.69. The van der Waals surface area contributed by atoms with Crippen molar-refractivity contribution in [2.24, 2.45) is 17.0 Å². The molecule has 0 amide bonds. The van der Waals surface area contributed by atoms with Gasteiger partial charge in [-0.2, -0.15) is 13.4 Å². The Hall–Kier alpha value is -2.30. The minimum Gasteiger partial charge on any atom is -0.351 e. The normalized spacial score (nSPS) is 27.1. The second-order valence-corrected chi connectivity index (χ2v) is 10.6. The van der Waals surface area contributed by atoms with Gasteiger partial charge >= 0.3 is 10.3 Å². The molecule has 0 saturated heterocycles. The first-order valence-corrected chi connectivity index (χ1v) is 12.1. The van der Waals surface area contributed by atoms with Crippen molar-refractivity contribution in [2.45, 2.75) is 57.5 Å². The van der Waals surface area contributed by atoms with Crippen LogP contribution in [0.2, 0.25) is 0 Å². The number of nitrogens with zero attached hydrogens (tertiary/aromatic N) is 3. The Labute approximate surface area is 183 Å². The summed E-state index contributed by atoms with van der Waals surface area (Å²) in [5.41, 5.74) is 2.73. The summed E-state index contributed by atoms with van der Waals surface area (Å²) in [4.78, 5) is 13.1. The Kier molecular flexibility index (Phi) is 5.89. The third-order valence-electron chi connectivity index (χ3n) is 6.48. The van der Waals surface area contributed by atoms with Crippen LogP contribution in [0.1, 0.15) is 57.2 Å². The molecule has 1 aromatic heterocycles. The quantitative estimate of drug-likeness (QED) is 0.591. The second-order valence-electron chi connectivity index (χ2n) is 9.33. The number of nitrogens with one attached hydrogen (secondary N) is 2. The SMILES string of the molecule is C[C@H]1C[C@H](Nc2ncnc(N[C@H]3CC(C)(C)c4ccccc43)n2)C[C@H]1COS(N)(=O)=O. The van der Waals surface area contributed by atoms with Crippen LogP contribution in [0, 0.1) is 11.8 Å². The summed E-state index contributed by atoms with van der Waals surface area (Å²) in [6.07, 6.45) is 4.10. The Balaban J connectivity index is 1.40. The molecule has 0 radical (unpaired) electrons. The van der Waals surface area contributed by atoms with E-state index in [0.717, 1.165) is 19.3 Å². The fourth-order valence-electron chi connectivity index (χ4n) is 4.92. The first-order chi connectivity index (χ1) is 14.6. The van der Waals surface area contributed by atoms with Gasteiger partial charge < -0.3 is 10.6 Å². The number of hydrogen-bond donors (Lipinski definition) is 3. The summed E-state index contributed by atoms with van der Waals surface area (Å²) in [6, 6.07) is 8.77. The molecule has 10 heteroatoms. The summed E-state index contributed by atoms with van der Waals surface area (Å²) in [5.74, 6) is 1.45. The molecule has 2 aliphatic carbocycles. The maximum Gasteiger partial charge on any atom is 0.333 e. The van der Waals surface area contributed by atoms with Crippen LogP contribution in [0.4, 0.5) is 11.9 Å². The lowest BCUT2D eigenvalue weighted by molar-refractivity contribution is 0.227. The molecule has 31 heavy (non-hydrogen) atoms. The van der Waals surface area contributed by atoms with Gasteiger partial charge in [-0.3, -0.25) is 4.18 Å². The third kappa shape index (κ3) is 5.13. The maximum absolute atomic E-state index is 11.1. The Morgan fingerprint density at radius 2 is 1.87 bits per heavy atom. The molecule has 9 nitrogen and oxygen atoms in total. The number of fused-ring (bicyclic) bond motifs is 1. The van der Waals surface area contributed by atoms with Gasteiger partial charge in [0, 0.05) is 6.04 Å². The van der Waals surface area contributed by atoms with Crippen molar-refractivity contribution < 1.29 is 12.6 Å². The lowest BCUT2D eigenvalue weighted by Gasteiger charge is -2.19. The molecule has 4 rings (SSSR count). The first kappa shape index (κ1) is 21.9. The van der Waals surface area contributed by atoms with Gasteiger partial charge in [0.25, 0.3) is 0 Å². The zero-order chi connectivity index (χ0) is 22.2. The van der Waals surface area contributed by atoms with Gasteiger partial charge in [-0.05, 0) is 47.6 Å². The summed E-state index contributed by atoms with van der Waals surface area (Å²) < 4.78 is 26.9. The molecule has 168 valence electrons. The monoisotopic (exact) mass is 446 g/mol. The fraction of sp³-hybridized carbons (Fsp3) is 0.571. The van der Waals surface area contributed by atoms with Crippen molar-refractivity contribution in [2.75, 3.05) is 17.2 Å². The molecule has 1 heterocycles. The third-order valence-corrected chi connectivity index (χ3v) is 6.95.